The van der Waals surface area contributed by atoms with Crippen LogP contribution in [0.4, 0.5) is 0 Å². The van der Waals surface area contributed by atoms with Gasteiger partial charge in [-0.2, -0.15) is 0 Å². The van der Waals surface area contributed by atoms with Crippen LogP contribution in [0.2, 0.25) is 0 Å². The van der Waals surface area contributed by atoms with E-state index in [1.165, 1.54) is 0 Å². The Bertz CT molecular complexity index is 155. The van der Waals surface area contributed by atoms with E-state index in [1.807, 2.05) is 6.92 Å². The largest absolute Gasteiger partial charge is 0.315 e. The van der Waals surface area contributed by atoms with Crippen LogP contribution in [0.15, 0.2) is 0 Å². The van der Waals surface area contributed by atoms with Gasteiger partial charge in [0.15, 0.2) is 0 Å². The minimum absolute atomic E-state index is 0.0972. The Morgan fingerprint density at radius 1 is 1.70 bits per heavy atom. The molecule has 0 unspecified atom stereocenters. The third-order valence-corrected chi connectivity index (χ3v) is 2.83. The molecule has 0 aromatic heterocycles. The van der Waals surface area contributed by atoms with Crippen molar-refractivity contribution in [1.82, 2.24) is 5.32 Å². The number of carbonyl (C=O) groups excluding carboxylic acids is 1. The molecule has 2 nitrogen and oxygen atoms in total. The van der Waals surface area contributed by atoms with Crippen LogP contribution in [0.3, 0.4) is 0 Å². The maximum atomic E-state index is 11.1. The minimum Gasteiger partial charge on any atom is -0.315 e. The Balaban J connectivity index is 2.75. The maximum Gasteiger partial charge on any atom is 0.137 e. The standard InChI is InChI=1S/C8H15NO/c1-6-4-9-5-8(6,3)7(2)10/h6,9H,4-5H2,1-3H3/t6-,8-/m1/s1. The Morgan fingerprint density at radius 3 is 2.50 bits per heavy atom. The molecule has 0 radical (unpaired) electrons. The Hall–Kier alpha value is -0.370. The van der Waals surface area contributed by atoms with E-state index in [0.29, 0.717) is 11.7 Å². The second kappa shape index (κ2) is 2.35. The summed E-state index contributed by atoms with van der Waals surface area (Å²) in [7, 11) is 0. The number of Topliss-reactive ketones (excluding diaryl/α,β-unsaturated/α-hetero) is 1. The van der Waals surface area contributed by atoms with E-state index in [4.69, 9.17) is 0 Å². The van der Waals surface area contributed by atoms with Gasteiger partial charge in [-0.1, -0.05) is 13.8 Å². The summed E-state index contributed by atoms with van der Waals surface area (Å²) in [5, 5.41) is 3.22. The molecule has 1 aliphatic rings. The number of carbonyl (C=O) groups is 1. The number of hydrogen-bond acceptors (Lipinski definition) is 2. The molecule has 0 saturated carbocycles. The van der Waals surface area contributed by atoms with Gasteiger partial charge in [0.1, 0.15) is 5.78 Å². The van der Waals surface area contributed by atoms with E-state index in [1.54, 1.807) is 6.92 Å². The van der Waals surface area contributed by atoms with Crippen LogP contribution in [0.1, 0.15) is 20.8 Å². The van der Waals surface area contributed by atoms with Gasteiger partial charge < -0.3 is 5.32 Å². The third kappa shape index (κ3) is 0.966. The van der Waals surface area contributed by atoms with Crippen molar-refractivity contribution in [3.8, 4) is 0 Å². The molecule has 1 aliphatic heterocycles. The van der Waals surface area contributed by atoms with Crippen molar-refractivity contribution in [2.24, 2.45) is 11.3 Å². The molecule has 0 bridgehead atoms. The zero-order valence-corrected chi connectivity index (χ0v) is 6.90. The van der Waals surface area contributed by atoms with Gasteiger partial charge in [0.2, 0.25) is 0 Å². The smallest absolute Gasteiger partial charge is 0.137 e. The first kappa shape index (κ1) is 7.73. The summed E-state index contributed by atoms with van der Waals surface area (Å²) in [6, 6.07) is 0. The second-order valence-electron chi connectivity index (χ2n) is 3.51. The Labute approximate surface area is 62.0 Å². The molecule has 58 valence electrons. The van der Waals surface area contributed by atoms with Crippen molar-refractivity contribution in [3.63, 3.8) is 0 Å². The van der Waals surface area contributed by atoms with Crippen LogP contribution in [0.5, 0.6) is 0 Å². The quantitative estimate of drug-likeness (QED) is 0.585. The van der Waals surface area contributed by atoms with Gasteiger partial charge in [-0.05, 0) is 19.4 Å². The topological polar surface area (TPSA) is 29.1 Å². The molecule has 1 heterocycles. The lowest BCUT2D eigenvalue weighted by atomic mass is 9.78. The average molecular weight is 141 g/mol. The number of rotatable bonds is 1. The lowest BCUT2D eigenvalue weighted by Gasteiger charge is -2.24. The summed E-state index contributed by atoms with van der Waals surface area (Å²) in [6.07, 6.45) is 0. The third-order valence-electron chi connectivity index (χ3n) is 2.83. The molecule has 0 amide bonds. The highest BCUT2D eigenvalue weighted by Gasteiger charge is 2.39. The lowest BCUT2D eigenvalue weighted by molar-refractivity contribution is -0.126. The fourth-order valence-corrected chi connectivity index (χ4v) is 1.42. The van der Waals surface area contributed by atoms with E-state index < -0.39 is 0 Å². The predicted molar refractivity (Wildman–Crippen MR) is 40.8 cm³/mol. The van der Waals surface area contributed by atoms with E-state index in [9.17, 15) is 4.79 Å². The number of ketones is 1. The van der Waals surface area contributed by atoms with Gasteiger partial charge in [0.05, 0.1) is 0 Å². The van der Waals surface area contributed by atoms with Crippen molar-refractivity contribution in [3.05, 3.63) is 0 Å². The SMILES string of the molecule is CC(=O)[C@]1(C)CNC[C@H]1C. The fraction of sp³-hybridized carbons (Fsp3) is 0.875. The number of nitrogens with one attached hydrogen (secondary N) is 1. The molecular formula is C8H15NO. The molecule has 0 aromatic carbocycles. The Morgan fingerprint density at radius 2 is 2.30 bits per heavy atom. The monoisotopic (exact) mass is 141 g/mol. The fourth-order valence-electron chi connectivity index (χ4n) is 1.42. The molecule has 2 heteroatoms. The summed E-state index contributed by atoms with van der Waals surface area (Å²) in [5.74, 6) is 0.801. The van der Waals surface area contributed by atoms with Crippen LogP contribution in [0.25, 0.3) is 0 Å². The summed E-state index contributed by atoms with van der Waals surface area (Å²) in [6.45, 7) is 7.68. The first-order valence-electron chi connectivity index (χ1n) is 3.79. The molecule has 1 rings (SSSR count). The zero-order chi connectivity index (χ0) is 7.78. The first-order valence-corrected chi connectivity index (χ1v) is 3.79. The van der Waals surface area contributed by atoms with Crippen molar-refractivity contribution >= 4 is 5.78 Å². The maximum absolute atomic E-state index is 11.1. The molecule has 1 fully saturated rings. The lowest BCUT2D eigenvalue weighted by Crippen LogP contribution is -2.32. The first-order chi connectivity index (χ1) is 4.57. The molecule has 0 spiro atoms. The molecule has 2 atom stereocenters. The minimum atomic E-state index is -0.0972. The van der Waals surface area contributed by atoms with Crippen LogP contribution < -0.4 is 5.32 Å². The van der Waals surface area contributed by atoms with Crippen LogP contribution in [0, 0.1) is 11.3 Å². The van der Waals surface area contributed by atoms with Gasteiger partial charge in [0, 0.05) is 12.0 Å². The highest BCUT2D eigenvalue weighted by molar-refractivity contribution is 5.82. The van der Waals surface area contributed by atoms with Crippen LogP contribution in [-0.2, 0) is 4.79 Å². The normalized spacial score (nSPS) is 40.1. The molecule has 1 saturated heterocycles. The summed E-state index contributed by atoms with van der Waals surface area (Å²) < 4.78 is 0. The summed E-state index contributed by atoms with van der Waals surface area (Å²) >= 11 is 0. The van der Waals surface area contributed by atoms with Crippen molar-refractivity contribution in [1.29, 1.82) is 0 Å². The molecule has 0 aliphatic carbocycles. The molecule has 10 heavy (non-hydrogen) atoms. The van der Waals surface area contributed by atoms with Gasteiger partial charge in [-0.15, -0.1) is 0 Å². The van der Waals surface area contributed by atoms with Crippen LogP contribution >= 0.6 is 0 Å². The molecular weight excluding hydrogens is 126 g/mol. The molecule has 0 aromatic rings. The summed E-state index contributed by atoms with van der Waals surface area (Å²) in [4.78, 5) is 11.1. The van der Waals surface area contributed by atoms with Gasteiger partial charge in [-0.25, -0.2) is 0 Å². The van der Waals surface area contributed by atoms with Crippen molar-refractivity contribution < 1.29 is 4.79 Å². The average Bonchev–Trinajstić information content (AvgIpc) is 2.15. The molecule has 1 N–H and O–H groups in total. The predicted octanol–water partition coefficient (Wildman–Crippen LogP) is 0.821. The van der Waals surface area contributed by atoms with Gasteiger partial charge in [0.25, 0.3) is 0 Å². The van der Waals surface area contributed by atoms with Crippen molar-refractivity contribution in [2.75, 3.05) is 13.1 Å². The van der Waals surface area contributed by atoms with Crippen molar-refractivity contribution in [2.45, 2.75) is 20.8 Å². The highest BCUT2D eigenvalue weighted by Crippen LogP contribution is 2.31. The van der Waals surface area contributed by atoms with E-state index in [2.05, 4.69) is 12.2 Å². The second-order valence-corrected chi connectivity index (χ2v) is 3.51. The van der Waals surface area contributed by atoms with Gasteiger partial charge >= 0.3 is 0 Å². The van der Waals surface area contributed by atoms with Gasteiger partial charge in [-0.3, -0.25) is 4.79 Å². The van der Waals surface area contributed by atoms with E-state index in [-0.39, 0.29) is 5.41 Å². The van der Waals surface area contributed by atoms with E-state index in [0.717, 1.165) is 13.1 Å². The highest BCUT2D eigenvalue weighted by atomic mass is 16.1. The Kier molecular flexibility index (Phi) is 1.82. The number of hydrogen-bond donors (Lipinski definition) is 1. The van der Waals surface area contributed by atoms with E-state index >= 15 is 0 Å². The zero-order valence-electron chi connectivity index (χ0n) is 6.90. The van der Waals surface area contributed by atoms with Crippen LogP contribution in [-0.4, -0.2) is 18.9 Å². The summed E-state index contributed by atoms with van der Waals surface area (Å²) in [5.41, 5.74) is -0.0972.